The summed E-state index contributed by atoms with van der Waals surface area (Å²) in [5, 5.41) is 13.0. The van der Waals surface area contributed by atoms with E-state index in [4.69, 9.17) is 0 Å². The summed E-state index contributed by atoms with van der Waals surface area (Å²) in [7, 11) is 1.86. The summed E-state index contributed by atoms with van der Waals surface area (Å²) in [5.74, 6) is -0.201. The molecule has 1 fully saturated rings. The number of piperidine rings is 1. The normalized spacial score (nSPS) is 19.0. The van der Waals surface area contributed by atoms with Crippen LogP contribution in [0.1, 0.15) is 25.3 Å². The van der Waals surface area contributed by atoms with Crippen LogP contribution in [-0.4, -0.2) is 30.8 Å². The van der Waals surface area contributed by atoms with Crippen molar-refractivity contribution in [1.82, 2.24) is 5.32 Å². The Bertz CT molecular complexity index is 410. The molecule has 0 aromatic heterocycles. The number of nitrogens with one attached hydrogen (secondary N) is 1. The highest BCUT2D eigenvalue weighted by Gasteiger charge is 2.28. The van der Waals surface area contributed by atoms with Gasteiger partial charge in [-0.15, -0.1) is 0 Å². The standard InChI is InChI=1S/C14H21FN2O/c1-14(18)5-7-17(8-6-14)13-4-3-12(15)9-11(13)10-16-2/h3-4,9,16,18H,5-8,10H2,1-2H3. The quantitative estimate of drug-likeness (QED) is 0.862. The molecule has 0 unspecified atom stereocenters. The van der Waals surface area contributed by atoms with Gasteiger partial charge in [0.2, 0.25) is 0 Å². The second kappa shape index (κ2) is 5.24. The highest BCUT2D eigenvalue weighted by Crippen LogP contribution is 2.28. The molecule has 2 N–H and O–H groups in total. The predicted molar refractivity (Wildman–Crippen MR) is 71.2 cm³/mol. The molecule has 0 aliphatic carbocycles. The highest BCUT2D eigenvalue weighted by atomic mass is 19.1. The zero-order chi connectivity index (χ0) is 13.2. The van der Waals surface area contributed by atoms with Crippen LogP contribution >= 0.6 is 0 Å². The fourth-order valence-electron chi connectivity index (χ4n) is 2.42. The van der Waals surface area contributed by atoms with Gasteiger partial charge in [-0.1, -0.05) is 0 Å². The van der Waals surface area contributed by atoms with E-state index >= 15 is 0 Å². The lowest BCUT2D eigenvalue weighted by molar-refractivity contribution is 0.0351. The monoisotopic (exact) mass is 252 g/mol. The van der Waals surface area contributed by atoms with E-state index in [0.29, 0.717) is 6.54 Å². The second-order valence-electron chi connectivity index (χ2n) is 5.29. The van der Waals surface area contributed by atoms with Crippen LogP contribution in [0.25, 0.3) is 0 Å². The van der Waals surface area contributed by atoms with E-state index in [0.717, 1.165) is 37.2 Å². The zero-order valence-corrected chi connectivity index (χ0v) is 11.0. The summed E-state index contributed by atoms with van der Waals surface area (Å²) in [4.78, 5) is 2.23. The van der Waals surface area contributed by atoms with Crippen LogP contribution in [0.2, 0.25) is 0 Å². The van der Waals surface area contributed by atoms with Gasteiger partial charge in [0.05, 0.1) is 5.60 Å². The van der Waals surface area contributed by atoms with Gasteiger partial charge in [0, 0.05) is 25.3 Å². The molecule has 3 nitrogen and oxygen atoms in total. The Morgan fingerprint density at radius 2 is 2.06 bits per heavy atom. The maximum Gasteiger partial charge on any atom is 0.123 e. The Kier molecular flexibility index (Phi) is 3.88. The molecule has 0 bridgehead atoms. The van der Waals surface area contributed by atoms with Gasteiger partial charge < -0.3 is 15.3 Å². The lowest BCUT2D eigenvalue weighted by Gasteiger charge is -2.38. The number of aliphatic hydroxyl groups is 1. The topological polar surface area (TPSA) is 35.5 Å². The molecule has 4 heteroatoms. The van der Waals surface area contributed by atoms with E-state index in [1.807, 2.05) is 20.0 Å². The summed E-state index contributed by atoms with van der Waals surface area (Å²) < 4.78 is 13.3. The van der Waals surface area contributed by atoms with Gasteiger partial charge in [-0.3, -0.25) is 0 Å². The van der Waals surface area contributed by atoms with E-state index in [1.54, 1.807) is 6.07 Å². The smallest absolute Gasteiger partial charge is 0.123 e. The first-order chi connectivity index (χ1) is 8.52. The first-order valence-corrected chi connectivity index (χ1v) is 6.42. The van der Waals surface area contributed by atoms with Crippen LogP contribution in [0.15, 0.2) is 18.2 Å². The van der Waals surface area contributed by atoms with Gasteiger partial charge in [-0.05, 0) is 50.6 Å². The summed E-state index contributed by atoms with van der Waals surface area (Å²) in [6.45, 7) is 4.16. The van der Waals surface area contributed by atoms with Gasteiger partial charge in [-0.2, -0.15) is 0 Å². The van der Waals surface area contributed by atoms with Crippen molar-refractivity contribution in [1.29, 1.82) is 0 Å². The Morgan fingerprint density at radius 3 is 2.67 bits per heavy atom. The maximum atomic E-state index is 13.3. The molecule has 2 rings (SSSR count). The van der Waals surface area contributed by atoms with E-state index < -0.39 is 5.60 Å². The minimum absolute atomic E-state index is 0.201. The molecule has 0 amide bonds. The Labute approximate surface area is 108 Å². The fourth-order valence-corrected chi connectivity index (χ4v) is 2.42. The lowest BCUT2D eigenvalue weighted by atomic mass is 9.93. The number of anilines is 1. The van der Waals surface area contributed by atoms with E-state index in [1.165, 1.54) is 6.07 Å². The molecule has 1 aromatic rings. The van der Waals surface area contributed by atoms with Crippen molar-refractivity contribution in [3.63, 3.8) is 0 Å². The van der Waals surface area contributed by atoms with E-state index in [2.05, 4.69) is 10.2 Å². The molecular formula is C14H21FN2O. The van der Waals surface area contributed by atoms with Gasteiger partial charge in [0.15, 0.2) is 0 Å². The predicted octanol–water partition coefficient (Wildman–Crippen LogP) is 1.90. The summed E-state index contributed by atoms with van der Waals surface area (Å²) in [6, 6.07) is 4.92. The number of nitrogens with zero attached hydrogens (tertiary/aromatic N) is 1. The van der Waals surface area contributed by atoms with Gasteiger partial charge >= 0.3 is 0 Å². The van der Waals surface area contributed by atoms with Crippen molar-refractivity contribution in [2.75, 3.05) is 25.0 Å². The first kappa shape index (κ1) is 13.3. The Balaban J connectivity index is 2.18. The largest absolute Gasteiger partial charge is 0.390 e. The Morgan fingerprint density at radius 1 is 1.39 bits per heavy atom. The van der Waals surface area contributed by atoms with Crippen molar-refractivity contribution in [2.24, 2.45) is 0 Å². The number of hydrogen-bond acceptors (Lipinski definition) is 3. The third-order valence-corrected chi connectivity index (χ3v) is 3.59. The Hall–Kier alpha value is -1.13. The summed E-state index contributed by atoms with van der Waals surface area (Å²) in [5.41, 5.74) is 1.49. The SMILES string of the molecule is CNCc1cc(F)ccc1N1CCC(C)(O)CC1. The first-order valence-electron chi connectivity index (χ1n) is 6.42. The van der Waals surface area contributed by atoms with Gasteiger partial charge in [-0.25, -0.2) is 4.39 Å². The highest BCUT2D eigenvalue weighted by molar-refractivity contribution is 5.54. The number of halogens is 1. The van der Waals surface area contributed by atoms with Crippen LogP contribution in [-0.2, 0) is 6.54 Å². The fraction of sp³-hybridized carbons (Fsp3) is 0.571. The minimum Gasteiger partial charge on any atom is -0.390 e. The van der Waals surface area contributed by atoms with Gasteiger partial charge in [0.1, 0.15) is 5.82 Å². The molecule has 0 saturated carbocycles. The maximum absolute atomic E-state index is 13.3. The van der Waals surface area contributed by atoms with Crippen molar-refractivity contribution >= 4 is 5.69 Å². The second-order valence-corrected chi connectivity index (χ2v) is 5.29. The number of rotatable bonds is 3. The third kappa shape index (κ3) is 3.00. The molecule has 1 heterocycles. The molecule has 1 aromatic carbocycles. The van der Waals surface area contributed by atoms with Crippen LogP contribution in [0, 0.1) is 5.82 Å². The molecule has 18 heavy (non-hydrogen) atoms. The molecule has 1 aliphatic heterocycles. The molecule has 100 valence electrons. The minimum atomic E-state index is -0.556. The lowest BCUT2D eigenvalue weighted by Crippen LogP contribution is -2.42. The average molecular weight is 252 g/mol. The van der Waals surface area contributed by atoms with Crippen LogP contribution in [0.4, 0.5) is 10.1 Å². The zero-order valence-electron chi connectivity index (χ0n) is 11.0. The van der Waals surface area contributed by atoms with Crippen molar-refractivity contribution < 1.29 is 9.50 Å². The van der Waals surface area contributed by atoms with E-state index in [9.17, 15) is 9.50 Å². The van der Waals surface area contributed by atoms with Crippen molar-refractivity contribution in [2.45, 2.75) is 31.9 Å². The molecule has 0 atom stereocenters. The number of hydrogen-bond donors (Lipinski definition) is 2. The van der Waals surface area contributed by atoms with Crippen LogP contribution < -0.4 is 10.2 Å². The van der Waals surface area contributed by atoms with Crippen LogP contribution in [0.5, 0.6) is 0 Å². The van der Waals surface area contributed by atoms with E-state index in [-0.39, 0.29) is 5.82 Å². The summed E-state index contributed by atoms with van der Waals surface area (Å²) in [6.07, 6.45) is 1.51. The van der Waals surface area contributed by atoms with Crippen molar-refractivity contribution in [3.05, 3.63) is 29.6 Å². The molecule has 0 radical (unpaired) electrons. The summed E-state index contributed by atoms with van der Waals surface area (Å²) >= 11 is 0. The van der Waals surface area contributed by atoms with Crippen molar-refractivity contribution in [3.8, 4) is 0 Å². The third-order valence-electron chi connectivity index (χ3n) is 3.59. The molecule has 0 spiro atoms. The average Bonchev–Trinajstić information content (AvgIpc) is 2.31. The molecular weight excluding hydrogens is 231 g/mol. The van der Waals surface area contributed by atoms with Crippen LogP contribution in [0.3, 0.4) is 0 Å². The molecule has 1 aliphatic rings. The molecule has 1 saturated heterocycles. The van der Waals surface area contributed by atoms with Gasteiger partial charge in [0.25, 0.3) is 0 Å². The number of benzene rings is 1.